The second-order valence-corrected chi connectivity index (χ2v) is 7.48. The number of rotatable bonds is 5. The highest BCUT2D eigenvalue weighted by Crippen LogP contribution is 2.33. The van der Waals surface area contributed by atoms with Gasteiger partial charge in [-0.15, -0.1) is 4.99 Å². The molecule has 2 N–H and O–H groups in total. The Kier molecular flexibility index (Phi) is 6.52. The van der Waals surface area contributed by atoms with Gasteiger partial charge in [-0.05, 0) is 47.4 Å². The van der Waals surface area contributed by atoms with Gasteiger partial charge in [-0.2, -0.15) is 0 Å². The van der Waals surface area contributed by atoms with Crippen molar-refractivity contribution in [2.75, 3.05) is 6.61 Å². The molecule has 0 bridgehead atoms. The highest BCUT2D eigenvalue weighted by molar-refractivity contribution is 5.85. The van der Waals surface area contributed by atoms with E-state index in [9.17, 15) is 4.79 Å². The van der Waals surface area contributed by atoms with Crippen molar-refractivity contribution in [1.29, 1.82) is 0 Å². The minimum atomic E-state index is -0.759. The highest BCUT2D eigenvalue weighted by Gasteiger charge is 2.22. The van der Waals surface area contributed by atoms with Crippen LogP contribution in [-0.2, 0) is 28.9 Å². The Balaban J connectivity index is 1.30. The predicted molar refractivity (Wildman–Crippen MR) is 117 cm³/mol. The van der Waals surface area contributed by atoms with Crippen molar-refractivity contribution < 1.29 is 14.3 Å². The molecule has 1 unspecified atom stereocenters. The summed E-state index contributed by atoms with van der Waals surface area (Å²) >= 11 is 0. The lowest BCUT2D eigenvalue weighted by atomic mass is 9.81. The second kappa shape index (κ2) is 9.84. The zero-order valence-electron chi connectivity index (χ0n) is 17.1. The van der Waals surface area contributed by atoms with Crippen LogP contribution < -0.4 is 5.73 Å². The Morgan fingerprint density at radius 2 is 1.87 bits per heavy atom. The number of carbonyl (C=O) groups excluding carboxylic acids is 1. The Morgan fingerprint density at radius 3 is 2.68 bits per heavy atom. The molecule has 0 radical (unpaired) electrons. The average molecular weight is 416 g/mol. The summed E-state index contributed by atoms with van der Waals surface area (Å²) < 4.78 is 10.6. The van der Waals surface area contributed by atoms with Crippen molar-refractivity contribution in [3.05, 3.63) is 83.9 Å². The van der Waals surface area contributed by atoms with Crippen LogP contribution in [0, 0.1) is 5.92 Å². The number of hydrogen-bond acceptors (Lipinski definition) is 5. The van der Waals surface area contributed by atoms with Gasteiger partial charge < -0.3 is 15.2 Å². The van der Waals surface area contributed by atoms with Crippen LogP contribution in [0.3, 0.4) is 0 Å². The molecule has 1 aliphatic rings. The fraction of sp³-hybridized carbons (Fsp3) is 0.250. The summed E-state index contributed by atoms with van der Waals surface area (Å²) in [7, 11) is 0. The predicted octanol–water partition coefficient (Wildman–Crippen LogP) is 3.92. The highest BCUT2D eigenvalue weighted by atomic mass is 16.6. The van der Waals surface area contributed by atoms with E-state index in [1.807, 2.05) is 42.7 Å². The minimum Gasteiger partial charge on any atom is -0.465 e. The molecule has 0 aliphatic heterocycles. The van der Waals surface area contributed by atoms with E-state index in [1.54, 1.807) is 0 Å². The van der Waals surface area contributed by atoms with Gasteiger partial charge >= 0.3 is 6.09 Å². The van der Waals surface area contributed by atoms with Gasteiger partial charge in [0.15, 0.2) is 0 Å². The van der Waals surface area contributed by atoms with Crippen LogP contribution in [0.2, 0.25) is 0 Å². The fourth-order valence-corrected chi connectivity index (χ4v) is 3.81. The first kappa shape index (κ1) is 20.5. The topological polar surface area (TPSA) is 99.7 Å². The number of ether oxygens (including phenoxy) is 2. The molecule has 1 amide bonds. The summed E-state index contributed by atoms with van der Waals surface area (Å²) in [5.41, 5.74) is 11.5. The molecule has 7 nitrogen and oxygen atoms in total. The lowest BCUT2D eigenvalue weighted by Gasteiger charge is -2.26. The monoisotopic (exact) mass is 416 g/mol. The number of amides is 1. The molecule has 1 heterocycles. The molecule has 1 aromatic heterocycles. The Morgan fingerprint density at radius 1 is 1.06 bits per heavy atom. The lowest BCUT2D eigenvalue weighted by Crippen LogP contribution is -2.25. The Bertz CT molecular complexity index is 1050. The van der Waals surface area contributed by atoms with Gasteiger partial charge in [0.25, 0.3) is 6.02 Å². The van der Waals surface area contributed by atoms with E-state index in [0.29, 0.717) is 12.5 Å². The Labute approximate surface area is 181 Å². The summed E-state index contributed by atoms with van der Waals surface area (Å²) in [6.07, 6.45) is 7.23. The lowest BCUT2D eigenvalue weighted by molar-refractivity contribution is 0.148. The van der Waals surface area contributed by atoms with Crippen molar-refractivity contribution in [2.24, 2.45) is 16.6 Å². The molecule has 0 saturated heterocycles. The smallest absolute Gasteiger partial charge is 0.438 e. The molecule has 7 heteroatoms. The van der Waals surface area contributed by atoms with Crippen molar-refractivity contribution in [1.82, 2.24) is 9.97 Å². The molecule has 0 fully saturated rings. The van der Waals surface area contributed by atoms with Crippen LogP contribution in [0.15, 0.2) is 72.2 Å². The van der Waals surface area contributed by atoms with Gasteiger partial charge in [0.2, 0.25) is 0 Å². The maximum absolute atomic E-state index is 11.8. The standard InChI is InChI=1S/C24H24N4O3/c25-23(28-24(29)31-14-17-5-2-1-3-6-17)30-15-18-9-10-22-19(11-18)7-4-8-21(22)20-12-26-16-27-13-20/h1-8,12-13,16,18H,9-11,14-15H2,(H2,25,28,29). The largest absolute Gasteiger partial charge is 0.465 e. The number of nitrogens with two attached hydrogens (primary N) is 1. The molecule has 31 heavy (non-hydrogen) atoms. The molecule has 0 spiro atoms. The van der Waals surface area contributed by atoms with Gasteiger partial charge in [-0.3, -0.25) is 0 Å². The fourth-order valence-electron chi connectivity index (χ4n) is 3.81. The third-order valence-electron chi connectivity index (χ3n) is 5.33. The van der Waals surface area contributed by atoms with Gasteiger partial charge in [0.1, 0.15) is 12.9 Å². The first-order chi connectivity index (χ1) is 15.2. The van der Waals surface area contributed by atoms with Gasteiger partial charge in [-0.1, -0.05) is 48.5 Å². The number of aliphatic imine (C=N–C) groups is 1. The summed E-state index contributed by atoms with van der Waals surface area (Å²) in [5, 5.41) is 0. The van der Waals surface area contributed by atoms with E-state index in [2.05, 4.69) is 33.2 Å². The quantitative estimate of drug-likeness (QED) is 0.500. The maximum atomic E-state index is 11.8. The zero-order chi connectivity index (χ0) is 21.5. The summed E-state index contributed by atoms with van der Waals surface area (Å²) in [6.45, 7) is 0.546. The molecular weight excluding hydrogens is 392 g/mol. The van der Waals surface area contributed by atoms with E-state index in [1.165, 1.54) is 23.0 Å². The summed E-state index contributed by atoms with van der Waals surface area (Å²) in [5.74, 6) is 0.295. The molecule has 4 rings (SSSR count). The van der Waals surface area contributed by atoms with Gasteiger partial charge in [-0.25, -0.2) is 14.8 Å². The normalized spacial score (nSPS) is 15.7. The first-order valence-electron chi connectivity index (χ1n) is 10.2. The van der Waals surface area contributed by atoms with Crippen LogP contribution in [0.1, 0.15) is 23.1 Å². The number of aromatic nitrogens is 2. The number of hydrogen-bond donors (Lipinski definition) is 1. The van der Waals surface area contributed by atoms with Crippen molar-refractivity contribution in [3.8, 4) is 11.1 Å². The van der Waals surface area contributed by atoms with E-state index in [0.717, 1.165) is 30.4 Å². The van der Waals surface area contributed by atoms with Crippen LogP contribution in [0.25, 0.3) is 11.1 Å². The van der Waals surface area contributed by atoms with Crippen LogP contribution in [0.5, 0.6) is 0 Å². The second-order valence-electron chi connectivity index (χ2n) is 7.48. The molecule has 3 aromatic rings. The minimum absolute atomic E-state index is 0.144. The molecular formula is C24H24N4O3. The molecule has 0 saturated carbocycles. The van der Waals surface area contributed by atoms with E-state index in [-0.39, 0.29) is 12.6 Å². The van der Waals surface area contributed by atoms with Crippen molar-refractivity contribution in [2.45, 2.75) is 25.9 Å². The third kappa shape index (κ3) is 5.45. The number of carbonyl (C=O) groups is 1. The van der Waals surface area contributed by atoms with Gasteiger partial charge in [0.05, 0.1) is 6.61 Å². The SMILES string of the molecule is N/C(=N/C(=O)OCc1ccccc1)OCC1CCc2c(cccc2-c2cncnc2)C1. The molecule has 158 valence electrons. The number of nitrogens with zero attached hydrogens (tertiary/aromatic N) is 3. The average Bonchev–Trinajstić information content (AvgIpc) is 2.82. The van der Waals surface area contributed by atoms with E-state index < -0.39 is 6.09 Å². The third-order valence-corrected chi connectivity index (χ3v) is 5.33. The van der Waals surface area contributed by atoms with Crippen molar-refractivity contribution in [3.63, 3.8) is 0 Å². The summed E-state index contributed by atoms with van der Waals surface area (Å²) in [4.78, 5) is 23.8. The van der Waals surface area contributed by atoms with Gasteiger partial charge in [0, 0.05) is 18.0 Å². The van der Waals surface area contributed by atoms with Crippen LogP contribution >= 0.6 is 0 Å². The molecule has 2 aromatic carbocycles. The van der Waals surface area contributed by atoms with E-state index in [4.69, 9.17) is 15.2 Å². The number of fused-ring (bicyclic) bond motifs is 1. The molecule has 1 aliphatic carbocycles. The molecule has 1 atom stereocenters. The zero-order valence-corrected chi connectivity index (χ0v) is 17.1. The number of benzene rings is 2. The van der Waals surface area contributed by atoms with Crippen LogP contribution in [-0.4, -0.2) is 28.7 Å². The maximum Gasteiger partial charge on any atom is 0.438 e. The Hall–Kier alpha value is -3.74. The number of amidine groups is 1. The summed E-state index contributed by atoms with van der Waals surface area (Å²) in [6, 6.07) is 15.5. The van der Waals surface area contributed by atoms with Crippen LogP contribution in [0.4, 0.5) is 4.79 Å². The van der Waals surface area contributed by atoms with Crippen molar-refractivity contribution >= 4 is 12.1 Å². The van der Waals surface area contributed by atoms with E-state index >= 15 is 0 Å². The first-order valence-corrected chi connectivity index (χ1v) is 10.2.